The van der Waals surface area contributed by atoms with Crippen molar-refractivity contribution in [1.29, 1.82) is 0 Å². The largest absolute Gasteiger partial charge is 0.321 e. The van der Waals surface area contributed by atoms with Crippen LogP contribution < -0.4 is 5.32 Å². The summed E-state index contributed by atoms with van der Waals surface area (Å²) in [6, 6.07) is 12.3. The van der Waals surface area contributed by atoms with Gasteiger partial charge in [0.15, 0.2) is 0 Å². The van der Waals surface area contributed by atoms with Crippen molar-refractivity contribution < 1.29 is 4.79 Å². The Kier molecular flexibility index (Phi) is 4.22. The number of nitrogens with zero attached hydrogens (tertiary/aromatic N) is 3. The Morgan fingerprint density at radius 2 is 1.95 bits per heavy atom. The summed E-state index contributed by atoms with van der Waals surface area (Å²) in [6.07, 6.45) is 3.05. The molecule has 7 heteroatoms. The van der Waals surface area contributed by atoms with Gasteiger partial charge in [-0.2, -0.15) is 5.10 Å². The van der Waals surface area contributed by atoms with Crippen LogP contribution in [0.4, 0.5) is 5.69 Å². The van der Waals surface area contributed by atoms with Crippen molar-refractivity contribution in [2.24, 2.45) is 0 Å². The lowest BCUT2D eigenvalue weighted by Gasteiger charge is -2.08. The molecule has 22 heavy (non-hydrogen) atoms. The fourth-order valence-corrected chi connectivity index (χ4v) is 2.61. The molecule has 0 aliphatic carbocycles. The van der Waals surface area contributed by atoms with E-state index >= 15 is 0 Å². The third-order valence-electron chi connectivity index (χ3n) is 2.99. The second-order valence-electron chi connectivity index (χ2n) is 4.47. The Morgan fingerprint density at radius 1 is 1.18 bits per heavy atom. The van der Waals surface area contributed by atoms with E-state index in [1.54, 1.807) is 47.4 Å². The highest BCUT2D eigenvalue weighted by molar-refractivity contribution is 9.10. The average Bonchev–Trinajstić information content (AvgIpc) is 3.04. The molecule has 0 radical (unpaired) electrons. The Balaban J connectivity index is 1.77. The zero-order chi connectivity index (χ0) is 15.5. The number of carbonyl (C=O) groups is 1. The van der Waals surface area contributed by atoms with Crippen molar-refractivity contribution in [1.82, 2.24) is 14.8 Å². The van der Waals surface area contributed by atoms with Crippen molar-refractivity contribution >= 4 is 39.1 Å². The van der Waals surface area contributed by atoms with Crippen molar-refractivity contribution in [3.8, 4) is 5.69 Å². The van der Waals surface area contributed by atoms with Gasteiger partial charge in [0, 0.05) is 10.0 Å². The van der Waals surface area contributed by atoms with Crippen LogP contribution in [-0.4, -0.2) is 20.7 Å². The molecule has 0 spiro atoms. The second kappa shape index (κ2) is 6.29. The molecule has 3 rings (SSSR count). The lowest BCUT2D eigenvalue weighted by molar-refractivity contribution is 0.102. The smallest absolute Gasteiger partial charge is 0.255 e. The van der Waals surface area contributed by atoms with E-state index in [1.807, 2.05) is 6.07 Å². The van der Waals surface area contributed by atoms with Crippen molar-refractivity contribution in [2.75, 3.05) is 5.32 Å². The lowest BCUT2D eigenvalue weighted by Crippen LogP contribution is -2.12. The van der Waals surface area contributed by atoms with E-state index in [1.165, 1.54) is 6.33 Å². The standard InChI is InChI=1S/C15H10BrClN4O/c16-11-3-6-14(13(17)7-11)20-15(22)10-1-4-12(5-2-10)21-9-18-8-19-21/h1-9H,(H,20,22). The van der Waals surface area contributed by atoms with Gasteiger partial charge in [-0.3, -0.25) is 4.79 Å². The number of anilines is 1. The van der Waals surface area contributed by atoms with Crippen molar-refractivity contribution in [2.45, 2.75) is 0 Å². The van der Waals surface area contributed by atoms with Gasteiger partial charge in [0.1, 0.15) is 12.7 Å². The van der Waals surface area contributed by atoms with E-state index < -0.39 is 0 Å². The van der Waals surface area contributed by atoms with Crippen LogP contribution in [0, 0.1) is 0 Å². The molecule has 0 aliphatic heterocycles. The van der Waals surface area contributed by atoms with Crippen LogP contribution in [0.5, 0.6) is 0 Å². The minimum Gasteiger partial charge on any atom is -0.321 e. The Hall–Kier alpha value is -2.18. The minimum atomic E-state index is -0.227. The summed E-state index contributed by atoms with van der Waals surface area (Å²) in [7, 11) is 0. The van der Waals surface area contributed by atoms with Gasteiger partial charge in [-0.05, 0) is 42.5 Å². The van der Waals surface area contributed by atoms with E-state index in [0.717, 1.165) is 10.2 Å². The van der Waals surface area contributed by atoms with E-state index in [4.69, 9.17) is 11.6 Å². The molecule has 1 N–H and O–H groups in total. The molecule has 0 saturated heterocycles. The first kappa shape index (κ1) is 14.7. The van der Waals surface area contributed by atoms with Crippen LogP contribution in [0.2, 0.25) is 5.02 Å². The van der Waals surface area contributed by atoms with E-state index in [-0.39, 0.29) is 5.91 Å². The Morgan fingerprint density at radius 3 is 2.59 bits per heavy atom. The van der Waals surface area contributed by atoms with E-state index in [9.17, 15) is 4.79 Å². The molecule has 110 valence electrons. The highest BCUT2D eigenvalue weighted by Gasteiger charge is 2.09. The molecule has 5 nitrogen and oxygen atoms in total. The Labute approximate surface area is 140 Å². The summed E-state index contributed by atoms with van der Waals surface area (Å²) in [5.74, 6) is -0.227. The van der Waals surface area contributed by atoms with E-state index in [0.29, 0.717) is 16.3 Å². The van der Waals surface area contributed by atoms with Crippen molar-refractivity contribution in [3.05, 3.63) is 70.2 Å². The summed E-state index contributed by atoms with van der Waals surface area (Å²) in [6.45, 7) is 0. The number of hydrogen-bond donors (Lipinski definition) is 1. The molecule has 1 aromatic heterocycles. The fourth-order valence-electron chi connectivity index (χ4n) is 1.89. The maximum absolute atomic E-state index is 12.2. The van der Waals surface area contributed by atoms with Crippen LogP contribution in [0.25, 0.3) is 5.69 Å². The van der Waals surface area contributed by atoms with Crippen LogP contribution in [-0.2, 0) is 0 Å². The number of halogens is 2. The van der Waals surface area contributed by atoms with Gasteiger partial charge in [0.05, 0.1) is 16.4 Å². The first-order valence-electron chi connectivity index (χ1n) is 6.35. The number of hydrogen-bond acceptors (Lipinski definition) is 3. The second-order valence-corrected chi connectivity index (χ2v) is 5.79. The first-order valence-corrected chi connectivity index (χ1v) is 7.52. The molecule has 0 fully saturated rings. The summed E-state index contributed by atoms with van der Waals surface area (Å²) in [5, 5.41) is 7.29. The summed E-state index contributed by atoms with van der Waals surface area (Å²) in [4.78, 5) is 16.1. The molecular weight excluding hydrogens is 368 g/mol. The maximum Gasteiger partial charge on any atom is 0.255 e. The SMILES string of the molecule is O=C(Nc1ccc(Br)cc1Cl)c1ccc(-n2cncn2)cc1. The molecule has 2 aromatic carbocycles. The number of benzene rings is 2. The summed E-state index contributed by atoms with van der Waals surface area (Å²) < 4.78 is 2.47. The molecule has 0 saturated carbocycles. The number of aromatic nitrogens is 3. The molecule has 3 aromatic rings. The lowest BCUT2D eigenvalue weighted by atomic mass is 10.2. The topological polar surface area (TPSA) is 59.8 Å². The number of rotatable bonds is 3. The van der Waals surface area contributed by atoms with Gasteiger partial charge in [-0.1, -0.05) is 27.5 Å². The predicted octanol–water partition coefficient (Wildman–Crippen LogP) is 3.94. The van der Waals surface area contributed by atoms with Gasteiger partial charge in [-0.15, -0.1) is 0 Å². The highest BCUT2D eigenvalue weighted by Crippen LogP contribution is 2.26. The zero-order valence-corrected chi connectivity index (χ0v) is 13.5. The van der Waals surface area contributed by atoms with Gasteiger partial charge < -0.3 is 5.32 Å². The van der Waals surface area contributed by atoms with Gasteiger partial charge in [0.25, 0.3) is 5.91 Å². The fraction of sp³-hybridized carbons (Fsp3) is 0. The minimum absolute atomic E-state index is 0.227. The third kappa shape index (κ3) is 3.18. The monoisotopic (exact) mass is 376 g/mol. The molecule has 0 unspecified atom stereocenters. The zero-order valence-electron chi connectivity index (χ0n) is 11.2. The number of nitrogens with one attached hydrogen (secondary N) is 1. The van der Waals surface area contributed by atoms with Crippen LogP contribution in [0.3, 0.4) is 0 Å². The van der Waals surface area contributed by atoms with Gasteiger partial charge in [0.2, 0.25) is 0 Å². The molecule has 1 heterocycles. The van der Waals surface area contributed by atoms with E-state index in [2.05, 4.69) is 31.3 Å². The number of carbonyl (C=O) groups excluding carboxylic acids is 1. The molecular formula is C15H10BrClN4O. The Bertz CT molecular complexity index is 803. The first-order chi connectivity index (χ1) is 10.6. The highest BCUT2D eigenvalue weighted by atomic mass is 79.9. The molecule has 0 bridgehead atoms. The maximum atomic E-state index is 12.2. The number of amides is 1. The van der Waals surface area contributed by atoms with Crippen molar-refractivity contribution in [3.63, 3.8) is 0 Å². The van der Waals surface area contributed by atoms with Gasteiger partial charge in [-0.25, -0.2) is 9.67 Å². The van der Waals surface area contributed by atoms with Crippen LogP contribution in [0.15, 0.2) is 59.6 Å². The molecule has 0 atom stereocenters. The van der Waals surface area contributed by atoms with Gasteiger partial charge >= 0.3 is 0 Å². The van der Waals surface area contributed by atoms with Crippen LogP contribution >= 0.6 is 27.5 Å². The normalized spacial score (nSPS) is 10.5. The quantitative estimate of drug-likeness (QED) is 0.752. The summed E-state index contributed by atoms with van der Waals surface area (Å²) >= 11 is 9.41. The summed E-state index contributed by atoms with van der Waals surface area (Å²) in [5.41, 5.74) is 1.92. The predicted molar refractivity (Wildman–Crippen MR) is 88.5 cm³/mol. The molecule has 0 aliphatic rings. The molecule has 1 amide bonds. The average molecular weight is 378 g/mol. The van der Waals surface area contributed by atoms with Crippen LogP contribution in [0.1, 0.15) is 10.4 Å². The third-order valence-corrected chi connectivity index (χ3v) is 3.80.